The zero-order chi connectivity index (χ0) is 21.9. The van der Waals surface area contributed by atoms with Crippen LogP contribution in [0.3, 0.4) is 0 Å². The van der Waals surface area contributed by atoms with Crippen molar-refractivity contribution in [2.75, 3.05) is 10.6 Å². The molecule has 31 heavy (non-hydrogen) atoms. The summed E-state index contributed by atoms with van der Waals surface area (Å²) < 4.78 is 0. The highest BCUT2D eigenvalue weighted by molar-refractivity contribution is 6.05. The number of amides is 2. The van der Waals surface area contributed by atoms with Gasteiger partial charge in [-0.05, 0) is 53.6 Å². The van der Waals surface area contributed by atoms with Crippen molar-refractivity contribution in [3.05, 3.63) is 72.3 Å². The number of fused-ring (bicyclic) bond motifs is 1. The Morgan fingerprint density at radius 3 is 2.06 bits per heavy atom. The van der Waals surface area contributed by atoms with Crippen molar-refractivity contribution in [2.24, 2.45) is 0 Å². The summed E-state index contributed by atoms with van der Waals surface area (Å²) >= 11 is 0. The molecule has 2 N–H and O–H groups in total. The minimum atomic E-state index is -0.170. The third-order valence-corrected chi connectivity index (χ3v) is 5.45. The fraction of sp³-hybridized carbons (Fsp3) is 0.333. The second-order valence-corrected chi connectivity index (χ2v) is 8.01. The van der Waals surface area contributed by atoms with Gasteiger partial charge in [-0.1, -0.05) is 75.8 Å². The molecule has 3 aromatic carbocycles. The van der Waals surface area contributed by atoms with Crippen LogP contribution in [0.15, 0.2) is 66.7 Å². The Morgan fingerprint density at radius 2 is 1.32 bits per heavy atom. The number of rotatable bonds is 11. The van der Waals surface area contributed by atoms with E-state index in [4.69, 9.17) is 0 Å². The predicted octanol–water partition coefficient (Wildman–Crippen LogP) is 7.17. The molecule has 3 rings (SSSR count). The molecule has 4 heteroatoms. The van der Waals surface area contributed by atoms with E-state index in [1.54, 1.807) is 24.3 Å². The summed E-state index contributed by atoms with van der Waals surface area (Å²) in [5.41, 5.74) is 2.03. The van der Waals surface area contributed by atoms with Gasteiger partial charge in [-0.25, -0.2) is 0 Å². The van der Waals surface area contributed by atoms with Crippen LogP contribution in [-0.2, 0) is 4.79 Å². The van der Waals surface area contributed by atoms with Gasteiger partial charge in [0.25, 0.3) is 5.91 Å². The number of unbranched alkanes of at least 4 members (excludes halogenated alkanes) is 6. The van der Waals surface area contributed by atoms with Crippen molar-refractivity contribution in [1.29, 1.82) is 0 Å². The molecule has 2 amide bonds. The Kier molecular flexibility index (Phi) is 8.65. The van der Waals surface area contributed by atoms with Gasteiger partial charge in [0.2, 0.25) is 5.91 Å². The minimum absolute atomic E-state index is 0.0296. The summed E-state index contributed by atoms with van der Waals surface area (Å²) in [4.78, 5) is 24.7. The maximum atomic E-state index is 12.6. The lowest BCUT2D eigenvalue weighted by molar-refractivity contribution is -0.116. The van der Waals surface area contributed by atoms with E-state index in [1.807, 2.05) is 42.5 Å². The first-order chi connectivity index (χ1) is 15.2. The van der Waals surface area contributed by atoms with E-state index in [0.29, 0.717) is 12.0 Å². The molecule has 162 valence electrons. The number of anilines is 2. The second-order valence-electron chi connectivity index (χ2n) is 8.01. The van der Waals surface area contributed by atoms with Gasteiger partial charge < -0.3 is 10.6 Å². The van der Waals surface area contributed by atoms with Crippen molar-refractivity contribution >= 4 is 34.0 Å². The van der Waals surface area contributed by atoms with Gasteiger partial charge in [0.05, 0.1) is 0 Å². The molecule has 4 nitrogen and oxygen atoms in total. The first-order valence-corrected chi connectivity index (χ1v) is 11.4. The molecule has 3 aromatic rings. The molecule has 0 spiro atoms. The summed E-state index contributed by atoms with van der Waals surface area (Å²) in [5, 5.41) is 8.07. The minimum Gasteiger partial charge on any atom is -0.326 e. The van der Waals surface area contributed by atoms with E-state index in [0.717, 1.165) is 35.0 Å². The van der Waals surface area contributed by atoms with Crippen molar-refractivity contribution in [3.8, 4) is 0 Å². The molecular formula is C27H32N2O2. The van der Waals surface area contributed by atoms with E-state index in [2.05, 4.69) is 17.6 Å². The van der Waals surface area contributed by atoms with Gasteiger partial charge in [-0.2, -0.15) is 0 Å². The van der Waals surface area contributed by atoms with Gasteiger partial charge in [-0.3, -0.25) is 9.59 Å². The lowest BCUT2D eigenvalue weighted by Gasteiger charge is -2.09. The molecule has 0 aliphatic rings. The molecule has 0 atom stereocenters. The van der Waals surface area contributed by atoms with Crippen LogP contribution in [0.1, 0.15) is 68.6 Å². The summed E-state index contributed by atoms with van der Waals surface area (Å²) in [6.07, 6.45) is 8.88. The Hall–Kier alpha value is -3.14. The highest BCUT2D eigenvalue weighted by Crippen LogP contribution is 2.20. The molecule has 0 fully saturated rings. The molecule has 0 unspecified atom stereocenters. The number of carbonyl (C=O) groups excluding carboxylic acids is 2. The SMILES string of the molecule is CCCCCCCCCC(=O)Nc1ccc(C(=O)Nc2ccc3ccccc3c2)cc1. The van der Waals surface area contributed by atoms with Crippen molar-refractivity contribution < 1.29 is 9.59 Å². The summed E-state index contributed by atoms with van der Waals surface area (Å²) in [6, 6.07) is 20.9. The van der Waals surface area contributed by atoms with E-state index >= 15 is 0 Å². The number of benzene rings is 3. The van der Waals surface area contributed by atoms with E-state index in [1.165, 1.54) is 32.1 Å². The third kappa shape index (κ3) is 7.25. The first kappa shape index (κ1) is 22.5. The lowest BCUT2D eigenvalue weighted by atomic mass is 10.1. The third-order valence-electron chi connectivity index (χ3n) is 5.45. The van der Waals surface area contributed by atoms with Crippen molar-refractivity contribution in [3.63, 3.8) is 0 Å². The number of nitrogens with one attached hydrogen (secondary N) is 2. The molecule has 0 saturated heterocycles. The lowest BCUT2D eigenvalue weighted by Crippen LogP contribution is -2.13. The zero-order valence-electron chi connectivity index (χ0n) is 18.3. The van der Waals surface area contributed by atoms with Crippen LogP contribution in [0.2, 0.25) is 0 Å². The van der Waals surface area contributed by atoms with E-state index < -0.39 is 0 Å². The molecule has 0 aliphatic carbocycles. The number of hydrogen-bond donors (Lipinski definition) is 2. The van der Waals surface area contributed by atoms with Crippen LogP contribution in [0.5, 0.6) is 0 Å². The maximum absolute atomic E-state index is 12.6. The van der Waals surface area contributed by atoms with E-state index in [9.17, 15) is 9.59 Å². The quantitative estimate of drug-likeness (QED) is 0.325. The molecule has 0 saturated carbocycles. The second kappa shape index (κ2) is 11.9. The highest BCUT2D eigenvalue weighted by atomic mass is 16.2. The molecule has 0 aliphatic heterocycles. The van der Waals surface area contributed by atoms with Crippen LogP contribution in [-0.4, -0.2) is 11.8 Å². The summed E-state index contributed by atoms with van der Waals surface area (Å²) in [7, 11) is 0. The van der Waals surface area contributed by atoms with Crippen molar-refractivity contribution in [1.82, 2.24) is 0 Å². The monoisotopic (exact) mass is 416 g/mol. The van der Waals surface area contributed by atoms with E-state index in [-0.39, 0.29) is 11.8 Å². The summed E-state index contributed by atoms with van der Waals surface area (Å²) in [5.74, 6) is -0.141. The van der Waals surface area contributed by atoms with Crippen LogP contribution in [0.25, 0.3) is 10.8 Å². The normalized spacial score (nSPS) is 10.7. The largest absolute Gasteiger partial charge is 0.326 e. The predicted molar refractivity (Wildman–Crippen MR) is 130 cm³/mol. The van der Waals surface area contributed by atoms with Crippen LogP contribution in [0, 0.1) is 0 Å². The standard InChI is InChI=1S/C27H32N2O2/c1-2-3-4-5-6-7-8-13-26(30)28-24-17-15-22(16-18-24)27(31)29-25-19-14-21-11-9-10-12-23(21)20-25/h9-12,14-20H,2-8,13H2,1H3,(H,28,30)(H,29,31). The number of hydrogen-bond acceptors (Lipinski definition) is 2. The van der Waals surface area contributed by atoms with Gasteiger partial charge in [0, 0.05) is 23.4 Å². The number of carbonyl (C=O) groups is 2. The van der Waals surface area contributed by atoms with Crippen LogP contribution in [0.4, 0.5) is 11.4 Å². The molecule has 0 bridgehead atoms. The highest BCUT2D eigenvalue weighted by Gasteiger charge is 2.08. The molecule has 0 aromatic heterocycles. The average molecular weight is 417 g/mol. The van der Waals surface area contributed by atoms with Gasteiger partial charge in [-0.15, -0.1) is 0 Å². The Bertz CT molecular complexity index is 996. The zero-order valence-corrected chi connectivity index (χ0v) is 18.3. The smallest absolute Gasteiger partial charge is 0.255 e. The molecule has 0 radical (unpaired) electrons. The van der Waals surface area contributed by atoms with Crippen LogP contribution >= 0.6 is 0 Å². The van der Waals surface area contributed by atoms with Gasteiger partial charge in [0.1, 0.15) is 0 Å². The van der Waals surface area contributed by atoms with Crippen molar-refractivity contribution in [2.45, 2.75) is 58.3 Å². The van der Waals surface area contributed by atoms with Gasteiger partial charge >= 0.3 is 0 Å². The Balaban J connectivity index is 1.44. The first-order valence-electron chi connectivity index (χ1n) is 11.4. The van der Waals surface area contributed by atoms with Crippen LogP contribution < -0.4 is 10.6 Å². The topological polar surface area (TPSA) is 58.2 Å². The summed E-state index contributed by atoms with van der Waals surface area (Å²) in [6.45, 7) is 2.22. The maximum Gasteiger partial charge on any atom is 0.255 e. The van der Waals surface area contributed by atoms with Gasteiger partial charge in [0.15, 0.2) is 0 Å². The molecule has 0 heterocycles. The fourth-order valence-corrected chi connectivity index (χ4v) is 3.64. The Labute approximate surface area is 185 Å². The molecular weight excluding hydrogens is 384 g/mol. The Morgan fingerprint density at radius 1 is 0.677 bits per heavy atom. The average Bonchev–Trinajstić information content (AvgIpc) is 2.79. The fourth-order valence-electron chi connectivity index (χ4n) is 3.64.